The van der Waals surface area contributed by atoms with Crippen LogP contribution in [0.15, 0.2) is 87.5 Å². The molecule has 13 heteroatoms. The van der Waals surface area contributed by atoms with Gasteiger partial charge >= 0.3 is 21.5 Å². The number of hydrogen-bond donors (Lipinski definition) is 1. The average molecular weight is 634 g/mol. The molecule has 0 aliphatic carbocycles. The van der Waals surface area contributed by atoms with Gasteiger partial charge in [0.05, 0.1) is 35.3 Å². The van der Waals surface area contributed by atoms with Crippen molar-refractivity contribution in [3.05, 3.63) is 83.9 Å². The molecule has 0 bridgehead atoms. The summed E-state index contributed by atoms with van der Waals surface area (Å²) in [5.41, 5.74) is -1.05. The molecule has 0 aromatic heterocycles. The van der Waals surface area contributed by atoms with E-state index < -0.39 is 55.3 Å². The molecule has 3 unspecified atom stereocenters. The van der Waals surface area contributed by atoms with E-state index in [1.807, 2.05) is 45.0 Å². The van der Waals surface area contributed by atoms with Crippen molar-refractivity contribution in [3.8, 4) is 5.75 Å². The largest absolute Gasteiger partial charge is 0.483 e. The number of ether oxygens (including phenoxy) is 3. The van der Waals surface area contributed by atoms with Gasteiger partial charge in [-0.25, -0.2) is 0 Å². The molecule has 1 N–H and O–H groups in total. The Morgan fingerprint density at radius 1 is 0.810 bits per heavy atom. The highest BCUT2D eigenvalue weighted by atomic mass is 32.2. The molecule has 1 fully saturated rings. The molecule has 0 radical (unpaired) electrons. The molecule has 1 heterocycles. The van der Waals surface area contributed by atoms with Crippen molar-refractivity contribution in [2.45, 2.75) is 71.1 Å². The quantitative estimate of drug-likeness (QED) is 0.162. The SMILES string of the molecule is CC(Oc1ccc([S+](c2ccc(C(F)(F)F)cc2)c2ccc(C3(C)COC(C)(C)CO3)cc2)cc1)C(F)(F)S(=O)(=O)O. The molecule has 228 valence electrons. The molecule has 1 saturated heterocycles. The van der Waals surface area contributed by atoms with Gasteiger partial charge in [-0.05, 0) is 93.9 Å². The Balaban J connectivity index is 1.67. The third-order valence-electron chi connectivity index (χ3n) is 6.78. The summed E-state index contributed by atoms with van der Waals surface area (Å²) in [4.78, 5) is 1.97. The Morgan fingerprint density at radius 3 is 1.71 bits per heavy atom. The molecule has 1 aliphatic heterocycles. The molecular weight excluding hydrogens is 603 g/mol. The first-order chi connectivity index (χ1) is 19.3. The number of hydrogen-bond acceptors (Lipinski definition) is 5. The van der Waals surface area contributed by atoms with E-state index in [9.17, 15) is 30.4 Å². The Labute approximate surface area is 243 Å². The topological polar surface area (TPSA) is 82.1 Å². The zero-order valence-electron chi connectivity index (χ0n) is 23.1. The second-order valence-electron chi connectivity index (χ2n) is 10.7. The van der Waals surface area contributed by atoms with Crippen LogP contribution < -0.4 is 4.74 Å². The maximum atomic E-state index is 14.0. The summed E-state index contributed by atoms with van der Waals surface area (Å²) >= 11 is 0. The van der Waals surface area contributed by atoms with E-state index in [-0.39, 0.29) is 5.75 Å². The van der Waals surface area contributed by atoms with Crippen LogP contribution in [0.4, 0.5) is 22.0 Å². The molecule has 42 heavy (non-hydrogen) atoms. The van der Waals surface area contributed by atoms with Gasteiger partial charge in [0.25, 0.3) is 0 Å². The van der Waals surface area contributed by atoms with Crippen LogP contribution in [-0.4, -0.2) is 43.1 Å². The standard InChI is InChI=1S/C29H29F5O6S2/c1-19(29(33,34)42(35,36)37)40-22-9-15-25(16-10-22)41(24-13-7-21(8-14-24)28(30,31)32)23-11-5-20(6-12-23)27(4)18-38-26(2,3)17-39-27/h5-16,19H,17-18H2,1-4H3/p+1. The normalized spacial score (nSPS) is 21.0. The second kappa shape index (κ2) is 11.4. The maximum absolute atomic E-state index is 14.0. The molecule has 3 atom stereocenters. The molecule has 3 aromatic rings. The fraction of sp³-hybridized carbons (Fsp3) is 0.379. The van der Waals surface area contributed by atoms with E-state index in [1.165, 1.54) is 24.3 Å². The minimum absolute atomic E-state index is 0.0915. The summed E-state index contributed by atoms with van der Waals surface area (Å²) in [6.07, 6.45) is -6.71. The van der Waals surface area contributed by atoms with Crippen LogP contribution in [0.1, 0.15) is 38.8 Å². The Bertz CT molecular complexity index is 1480. The van der Waals surface area contributed by atoms with E-state index in [2.05, 4.69) is 0 Å². The summed E-state index contributed by atoms with van der Waals surface area (Å²) in [5.74, 6) is -0.0915. The molecule has 4 rings (SSSR count). The monoisotopic (exact) mass is 633 g/mol. The predicted molar refractivity (Wildman–Crippen MR) is 146 cm³/mol. The van der Waals surface area contributed by atoms with Crippen LogP contribution >= 0.6 is 0 Å². The van der Waals surface area contributed by atoms with Gasteiger partial charge in [-0.15, -0.1) is 0 Å². The predicted octanol–water partition coefficient (Wildman–Crippen LogP) is 7.09. The van der Waals surface area contributed by atoms with Crippen molar-refractivity contribution in [1.82, 2.24) is 0 Å². The third-order valence-corrected chi connectivity index (χ3v) is 10.0. The van der Waals surface area contributed by atoms with Crippen LogP contribution in [0.2, 0.25) is 0 Å². The van der Waals surface area contributed by atoms with Crippen LogP contribution in [0.25, 0.3) is 0 Å². The summed E-state index contributed by atoms with van der Waals surface area (Å²) in [7, 11) is -6.63. The highest BCUT2D eigenvalue weighted by Gasteiger charge is 2.51. The number of halogens is 5. The number of alkyl halides is 5. The zero-order valence-corrected chi connectivity index (χ0v) is 24.7. The van der Waals surface area contributed by atoms with Gasteiger partial charge in [0.2, 0.25) is 0 Å². The lowest BCUT2D eigenvalue weighted by Crippen LogP contribution is -2.47. The van der Waals surface area contributed by atoms with E-state index >= 15 is 0 Å². The van der Waals surface area contributed by atoms with Crippen LogP contribution in [0, 0.1) is 0 Å². The molecule has 0 spiro atoms. The van der Waals surface area contributed by atoms with Crippen LogP contribution in [0.5, 0.6) is 5.75 Å². The lowest BCUT2D eigenvalue weighted by molar-refractivity contribution is -0.221. The molecule has 6 nitrogen and oxygen atoms in total. The first-order valence-electron chi connectivity index (χ1n) is 12.7. The van der Waals surface area contributed by atoms with Gasteiger partial charge in [0, 0.05) is 0 Å². The Morgan fingerprint density at radius 2 is 1.29 bits per heavy atom. The highest BCUT2D eigenvalue weighted by molar-refractivity contribution is 7.97. The van der Waals surface area contributed by atoms with Crippen molar-refractivity contribution >= 4 is 21.0 Å². The minimum atomic E-state index is -5.71. The first-order valence-corrected chi connectivity index (χ1v) is 15.4. The van der Waals surface area contributed by atoms with E-state index in [0.29, 0.717) is 23.0 Å². The average Bonchev–Trinajstić information content (AvgIpc) is 2.91. The van der Waals surface area contributed by atoms with Gasteiger partial charge in [-0.2, -0.15) is 30.4 Å². The van der Waals surface area contributed by atoms with Crippen molar-refractivity contribution in [1.29, 1.82) is 0 Å². The lowest BCUT2D eigenvalue weighted by atomic mass is 9.94. The molecule has 3 aromatic carbocycles. The summed E-state index contributed by atoms with van der Waals surface area (Å²) in [6, 6.07) is 18.0. The maximum Gasteiger partial charge on any atom is 0.416 e. The lowest BCUT2D eigenvalue weighted by Gasteiger charge is -2.41. The van der Waals surface area contributed by atoms with Gasteiger partial charge < -0.3 is 14.2 Å². The van der Waals surface area contributed by atoms with E-state index in [1.54, 1.807) is 12.1 Å². The number of benzene rings is 3. The third kappa shape index (κ3) is 6.91. The highest BCUT2D eigenvalue weighted by Crippen LogP contribution is 2.38. The molecule has 1 aliphatic rings. The van der Waals surface area contributed by atoms with Gasteiger partial charge in [-0.1, -0.05) is 12.1 Å². The Hall–Kier alpha value is -2.71. The first kappa shape index (κ1) is 32.2. The van der Waals surface area contributed by atoms with E-state index in [0.717, 1.165) is 29.5 Å². The van der Waals surface area contributed by atoms with Crippen LogP contribution in [0.3, 0.4) is 0 Å². The summed E-state index contributed by atoms with van der Waals surface area (Å²) in [6.45, 7) is 7.31. The van der Waals surface area contributed by atoms with Crippen molar-refractivity contribution in [2.24, 2.45) is 0 Å². The van der Waals surface area contributed by atoms with Gasteiger partial charge in [0.1, 0.15) is 11.4 Å². The number of rotatable bonds is 8. The zero-order chi connectivity index (χ0) is 31.1. The van der Waals surface area contributed by atoms with Crippen molar-refractivity contribution < 1.29 is 49.1 Å². The van der Waals surface area contributed by atoms with E-state index in [4.69, 9.17) is 18.8 Å². The van der Waals surface area contributed by atoms with Gasteiger partial charge in [0.15, 0.2) is 20.8 Å². The summed E-state index contributed by atoms with van der Waals surface area (Å²) in [5, 5.41) is -4.54. The smallest absolute Gasteiger partial charge is 0.416 e. The fourth-order valence-electron chi connectivity index (χ4n) is 4.18. The van der Waals surface area contributed by atoms with Crippen molar-refractivity contribution in [3.63, 3.8) is 0 Å². The molecular formula is C29H30F5O6S2+. The summed E-state index contributed by atoms with van der Waals surface area (Å²) < 4.78 is 116. The minimum Gasteiger partial charge on any atom is -0.483 e. The fourth-order valence-corrected chi connectivity index (χ4v) is 6.69. The molecule has 0 amide bonds. The van der Waals surface area contributed by atoms with Gasteiger partial charge in [-0.3, -0.25) is 4.55 Å². The molecule has 0 saturated carbocycles. The second-order valence-corrected chi connectivity index (χ2v) is 14.2. The van der Waals surface area contributed by atoms with Crippen molar-refractivity contribution in [2.75, 3.05) is 13.2 Å². The Kier molecular flexibility index (Phi) is 8.76. The van der Waals surface area contributed by atoms with Crippen LogP contribution in [-0.2, 0) is 42.3 Å².